The second-order valence-corrected chi connectivity index (χ2v) is 7.35. The Hall–Kier alpha value is -2.41. The maximum atomic E-state index is 13.1. The quantitative estimate of drug-likeness (QED) is 0.892. The van der Waals surface area contributed by atoms with Crippen molar-refractivity contribution in [3.8, 4) is 0 Å². The first kappa shape index (κ1) is 17.0. The van der Waals surface area contributed by atoms with Gasteiger partial charge in [-0.2, -0.15) is 0 Å². The first-order valence-corrected chi connectivity index (χ1v) is 9.32. The molecule has 2 aromatic rings. The molecule has 2 aliphatic rings. The highest BCUT2D eigenvalue weighted by Gasteiger charge is 2.26. The molecule has 26 heavy (non-hydrogen) atoms. The van der Waals surface area contributed by atoms with Crippen LogP contribution >= 0.6 is 0 Å². The molecule has 0 radical (unpaired) electrons. The molecule has 1 unspecified atom stereocenters. The lowest BCUT2D eigenvalue weighted by Gasteiger charge is -2.29. The van der Waals surface area contributed by atoms with Crippen molar-refractivity contribution in [2.45, 2.75) is 39.4 Å². The van der Waals surface area contributed by atoms with Crippen molar-refractivity contribution in [2.24, 2.45) is 5.92 Å². The van der Waals surface area contributed by atoms with Crippen LogP contribution in [0.4, 0.5) is 0 Å². The largest absolute Gasteiger partial charge is 0.331 e. The van der Waals surface area contributed by atoms with Gasteiger partial charge in [0.1, 0.15) is 5.56 Å². The molecular weight excluding hydrogens is 330 g/mol. The first-order valence-electron chi connectivity index (χ1n) is 9.32. The van der Waals surface area contributed by atoms with Crippen molar-refractivity contribution in [2.75, 3.05) is 19.6 Å². The lowest BCUT2D eigenvalue weighted by molar-refractivity contribution is 0.0707. The Morgan fingerprint density at radius 1 is 1.38 bits per heavy atom. The van der Waals surface area contributed by atoms with Gasteiger partial charge in [-0.1, -0.05) is 0 Å². The Morgan fingerprint density at radius 2 is 2.27 bits per heavy atom. The summed E-state index contributed by atoms with van der Waals surface area (Å²) in [6, 6.07) is 1.89. The van der Waals surface area contributed by atoms with Gasteiger partial charge in [-0.25, -0.2) is 4.98 Å². The van der Waals surface area contributed by atoms with Crippen LogP contribution in [-0.4, -0.2) is 44.6 Å². The average molecular weight is 355 g/mol. The van der Waals surface area contributed by atoms with Gasteiger partial charge in [-0.3, -0.25) is 9.59 Å². The molecule has 2 aliphatic heterocycles. The summed E-state index contributed by atoms with van der Waals surface area (Å²) < 4.78 is 3.77. The van der Waals surface area contributed by atoms with Crippen molar-refractivity contribution < 1.29 is 4.79 Å². The molecule has 0 spiro atoms. The molecule has 4 heterocycles. The molecule has 0 saturated carbocycles. The lowest BCUT2D eigenvalue weighted by atomic mass is 9.99. The predicted octanol–water partition coefficient (Wildman–Crippen LogP) is 1.01. The highest BCUT2D eigenvalue weighted by Crippen LogP contribution is 2.16. The number of carbonyl (C=O) groups is 1. The maximum Gasteiger partial charge on any atom is 0.263 e. The summed E-state index contributed by atoms with van der Waals surface area (Å²) in [7, 11) is 0. The van der Waals surface area contributed by atoms with Crippen molar-refractivity contribution >= 4 is 5.91 Å². The predicted molar refractivity (Wildman–Crippen MR) is 98.0 cm³/mol. The van der Waals surface area contributed by atoms with Crippen LogP contribution in [0.2, 0.25) is 0 Å². The zero-order valence-corrected chi connectivity index (χ0v) is 15.1. The van der Waals surface area contributed by atoms with E-state index >= 15 is 0 Å². The Labute approximate surface area is 152 Å². The normalized spacial score (nSPS) is 20.0. The summed E-state index contributed by atoms with van der Waals surface area (Å²) in [4.78, 5) is 32.0. The maximum absolute atomic E-state index is 13.1. The summed E-state index contributed by atoms with van der Waals surface area (Å²) in [6.45, 7) is 6.30. The van der Waals surface area contributed by atoms with Gasteiger partial charge >= 0.3 is 0 Å². The van der Waals surface area contributed by atoms with E-state index in [4.69, 9.17) is 0 Å². The minimum Gasteiger partial charge on any atom is -0.331 e. The van der Waals surface area contributed by atoms with Gasteiger partial charge in [0.2, 0.25) is 0 Å². The number of nitrogens with one attached hydrogen (secondary N) is 1. The van der Waals surface area contributed by atoms with Crippen LogP contribution in [0.25, 0.3) is 0 Å². The number of amides is 1. The van der Waals surface area contributed by atoms with Crippen molar-refractivity contribution in [1.29, 1.82) is 0 Å². The van der Waals surface area contributed by atoms with Gasteiger partial charge in [0.25, 0.3) is 11.5 Å². The van der Waals surface area contributed by atoms with Gasteiger partial charge in [0, 0.05) is 32.0 Å². The number of imidazole rings is 1. The fraction of sp³-hybridized carbons (Fsp3) is 0.526. The zero-order chi connectivity index (χ0) is 18.1. The average Bonchev–Trinajstić information content (AvgIpc) is 3.12. The standard InChI is InChI=1S/C19H25N5O2/c1-14-4-6-22(11-15-3-2-5-20-9-15)18(25)17(14)19(26)23-7-8-24-13-21-10-16(24)12-23/h4,6,10,13,15,20H,2-3,5,7-9,11-12H2,1H3. The third-order valence-corrected chi connectivity index (χ3v) is 5.49. The molecule has 0 bridgehead atoms. The van der Waals surface area contributed by atoms with Crippen LogP contribution in [0.3, 0.4) is 0 Å². The fourth-order valence-electron chi connectivity index (χ4n) is 3.94. The second-order valence-electron chi connectivity index (χ2n) is 7.35. The molecule has 1 amide bonds. The third kappa shape index (κ3) is 3.19. The summed E-state index contributed by atoms with van der Waals surface area (Å²) in [5, 5.41) is 3.38. The molecule has 1 N–H and O–H groups in total. The molecule has 0 aliphatic carbocycles. The zero-order valence-electron chi connectivity index (χ0n) is 15.1. The Bertz CT molecular complexity index is 863. The Balaban J connectivity index is 1.58. The van der Waals surface area contributed by atoms with E-state index in [0.29, 0.717) is 31.1 Å². The van der Waals surface area contributed by atoms with Gasteiger partial charge in [0.05, 0.1) is 18.6 Å². The van der Waals surface area contributed by atoms with Gasteiger partial charge in [-0.15, -0.1) is 0 Å². The molecule has 7 nitrogen and oxygen atoms in total. The molecule has 1 atom stereocenters. The fourth-order valence-corrected chi connectivity index (χ4v) is 3.94. The molecule has 4 rings (SSSR count). The van der Waals surface area contributed by atoms with Crippen LogP contribution in [0.5, 0.6) is 0 Å². The smallest absolute Gasteiger partial charge is 0.263 e. The number of piperidine rings is 1. The van der Waals surface area contributed by atoms with Crippen LogP contribution in [0.1, 0.15) is 34.5 Å². The van der Waals surface area contributed by atoms with Crippen LogP contribution in [-0.2, 0) is 19.6 Å². The van der Waals surface area contributed by atoms with Crippen LogP contribution in [0.15, 0.2) is 29.6 Å². The molecular formula is C19H25N5O2. The summed E-state index contributed by atoms with van der Waals surface area (Å²) >= 11 is 0. The monoisotopic (exact) mass is 355 g/mol. The SMILES string of the molecule is Cc1ccn(CC2CCCNC2)c(=O)c1C(=O)N1CCn2cncc2C1. The van der Waals surface area contributed by atoms with Gasteiger partial charge in [0.15, 0.2) is 0 Å². The van der Waals surface area contributed by atoms with Crippen LogP contribution < -0.4 is 10.9 Å². The topological polar surface area (TPSA) is 72.2 Å². The van der Waals surface area contributed by atoms with Crippen molar-refractivity contribution in [3.05, 3.63) is 52.0 Å². The number of aromatic nitrogens is 3. The molecule has 7 heteroatoms. The molecule has 138 valence electrons. The van der Waals surface area contributed by atoms with E-state index in [0.717, 1.165) is 43.7 Å². The number of hydrogen-bond acceptors (Lipinski definition) is 4. The summed E-state index contributed by atoms with van der Waals surface area (Å²) in [5.74, 6) is 0.271. The number of hydrogen-bond donors (Lipinski definition) is 1. The first-order chi connectivity index (χ1) is 12.6. The lowest BCUT2D eigenvalue weighted by Crippen LogP contribution is -2.42. The minimum atomic E-state index is -0.170. The number of carbonyl (C=O) groups excluding carboxylic acids is 1. The van der Waals surface area contributed by atoms with E-state index in [1.165, 1.54) is 0 Å². The molecule has 1 saturated heterocycles. The number of aryl methyl sites for hydroxylation is 1. The second kappa shape index (κ2) is 7.07. The number of fused-ring (bicyclic) bond motifs is 1. The Morgan fingerprint density at radius 3 is 3.08 bits per heavy atom. The Kier molecular flexibility index (Phi) is 4.63. The number of pyridine rings is 1. The van der Waals surface area contributed by atoms with Gasteiger partial charge < -0.3 is 19.4 Å². The van der Waals surface area contributed by atoms with E-state index in [-0.39, 0.29) is 11.5 Å². The minimum absolute atomic E-state index is 0.167. The molecule has 1 fully saturated rings. The van der Waals surface area contributed by atoms with E-state index in [1.54, 1.807) is 22.0 Å². The van der Waals surface area contributed by atoms with Gasteiger partial charge in [-0.05, 0) is 50.4 Å². The summed E-state index contributed by atoms with van der Waals surface area (Å²) in [5.41, 5.74) is 1.90. The van der Waals surface area contributed by atoms with E-state index < -0.39 is 0 Å². The number of nitrogens with zero attached hydrogens (tertiary/aromatic N) is 4. The van der Waals surface area contributed by atoms with E-state index in [9.17, 15) is 9.59 Å². The van der Waals surface area contributed by atoms with Crippen LogP contribution in [0, 0.1) is 12.8 Å². The third-order valence-electron chi connectivity index (χ3n) is 5.49. The molecule has 2 aromatic heterocycles. The number of rotatable bonds is 3. The highest BCUT2D eigenvalue weighted by atomic mass is 16.2. The highest BCUT2D eigenvalue weighted by molar-refractivity contribution is 5.95. The van der Waals surface area contributed by atoms with E-state index in [1.807, 2.05) is 19.2 Å². The van der Waals surface area contributed by atoms with E-state index in [2.05, 4.69) is 14.9 Å². The molecule has 0 aromatic carbocycles. The van der Waals surface area contributed by atoms with Crippen molar-refractivity contribution in [1.82, 2.24) is 24.3 Å². The van der Waals surface area contributed by atoms with Crippen molar-refractivity contribution in [3.63, 3.8) is 0 Å². The summed E-state index contributed by atoms with van der Waals surface area (Å²) in [6.07, 6.45) is 7.65.